The van der Waals surface area contributed by atoms with Crippen LogP contribution in [0.3, 0.4) is 0 Å². The highest BCUT2D eigenvalue weighted by Crippen LogP contribution is 2.40. The summed E-state index contributed by atoms with van der Waals surface area (Å²) in [5.74, 6) is 0.924. The number of fused-ring (bicyclic) bond motifs is 2. The molecule has 1 saturated carbocycles. The van der Waals surface area contributed by atoms with Crippen LogP contribution in [0.4, 0.5) is 5.00 Å². The third-order valence-electron chi connectivity index (χ3n) is 5.09. The van der Waals surface area contributed by atoms with Crippen LogP contribution in [0.2, 0.25) is 0 Å². The first-order valence-corrected chi connectivity index (χ1v) is 10.2. The van der Waals surface area contributed by atoms with Gasteiger partial charge in [-0.15, -0.1) is 11.3 Å². The average Bonchev–Trinajstić information content (AvgIpc) is 3.26. The van der Waals surface area contributed by atoms with Gasteiger partial charge in [0.2, 0.25) is 0 Å². The summed E-state index contributed by atoms with van der Waals surface area (Å²) in [5.41, 5.74) is 2.25. The Morgan fingerprint density at radius 1 is 1.04 bits per heavy atom. The van der Waals surface area contributed by atoms with Crippen molar-refractivity contribution in [2.24, 2.45) is 0 Å². The number of ether oxygens (including phenoxy) is 2. The van der Waals surface area contributed by atoms with Crippen molar-refractivity contribution in [3.05, 3.63) is 39.8 Å². The number of nitrogens with one attached hydrogen (secondary N) is 2. The van der Waals surface area contributed by atoms with E-state index in [4.69, 9.17) is 9.47 Å². The van der Waals surface area contributed by atoms with E-state index < -0.39 is 0 Å². The highest BCUT2D eigenvalue weighted by molar-refractivity contribution is 7.17. The lowest BCUT2D eigenvalue weighted by molar-refractivity contribution is 0.0951. The summed E-state index contributed by atoms with van der Waals surface area (Å²) in [6.07, 6.45) is 5.03. The number of thiophene rings is 1. The molecule has 0 unspecified atom stereocenters. The summed E-state index contributed by atoms with van der Waals surface area (Å²) in [6.45, 7) is 0.986. The molecule has 2 aromatic rings. The molecular weight excluding hydrogens is 364 g/mol. The van der Waals surface area contributed by atoms with Gasteiger partial charge in [-0.3, -0.25) is 9.59 Å². The minimum atomic E-state index is -0.243. The predicted octanol–water partition coefficient (Wildman–Crippen LogP) is 3.15. The number of hydrogen-bond acceptors (Lipinski definition) is 5. The Hall–Kier alpha value is -2.54. The van der Waals surface area contributed by atoms with Crippen LogP contribution in [0.25, 0.3) is 0 Å². The Kier molecular flexibility index (Phi) is 4.04. The predicted molar refractivity (Wildman–Crippen MR) is 102 cm³/mol. The lowest BCUT2D eigenvalue weighted by atomic mass is 10.1. The van der Waals surface area contributed by atoms with Crippen molar-refractivity contribution in [2.75, 3.05) is 18.5 Å². The number of rotatable bonds is 4. The Balaban J connectivity index is 1.41. The molecule has 3 aliphatic rings. The molecule has 27 heavy (non-hydrogen) atoms. The van der Waals surface area contributed by atoms with Gasteiger partial charge in [-0.1, -0.05) is 0 Å². The highest BCUT2D eigenvalue weighted by atomic mass is 32.1. The number of amides is 2. The quantitative estimate of drug-likeness (QED) is 0.849. The zero-order valence-electron chi connectivity index (χ0n) is 14.8. The van der Waals surface area contributed by atoms with Crippen molar-refractivity contribution < 1.29 is 19.1 Å². The Morgan fingerprint density at radius 2 is 1.85 bits per heavy atom. The van der Waals surface area contributed by atoms with Crippen molar-refractivity contribution in [2.45, 2.75) is 38.1 Å². The highest BCUT2D eigenvalue weighted by Gasteiger charge is 2.31. The number of anilines is 1. The first-order valence-electron chi connectivity index (χ1n) is 9.35. The molecule has 2 heterocycles. The van der Waals surface area contributed by atoms with Gasteiger partial charge in [0.25, 0.3) is 11.8 Å². The van der Waals surface area contributed by atoms with Gasteiger partial charge in [-0.25, -0.2) is 0 Å². The molecule has 2 N–H and O–H groups in total. The molecule has 7 heteroatoms. The molecule has 1 aliphatic heterocycles. The molecule has 0 radical (unpaired) electrons. The van der Waals surface area contributed by atoms with Crippen molar-refractivity contribution in [1.82, 2.24) is 5.32 Å². The third kappa shape index (κ3) is 3.16. The van der Waals surface area contributed by atoms with Crippen LogP contribution in [0, 0.1) is 0 Å². The van der Waals surface area contributed by atoms with Crippen molar-refractivity contribution >= 4 is 28.2 Å². The molecule has 1 fully saturated rings. The molecule has 0 atom stereocenters. The molecule has 0 bridgehead atoms. The van der Waals surface area contributed by atoms with Crippen LogP contribution >= 0.6 is 11.3 Å². The molecule has 0 spiro atoms. The van der Waals surface area contributed by atoms with E-state index in [1.165, 1.54) is 16.2 Å². The molecular formula is C20H20N2O4S. The van der Waals surface area contributed by atoms with Gasteiger partial charge in [0.15, 0.2) is 11.5 Å². The molecule has 1 aromatic heterocycles. The van der Waals surface area contributed by atoms with Crippen molar-refractivity contribution in [3.8, 4) is 11.5 Å². The smallest absolute Gasteiger partial charge is 0.256 e. The van der Waals surface area contributed by atoms with Gasteiger partial charge < -0.3 is 20.1 Å². The fraction of sp³-hybridized carbons (Fsp3) is 0.400. The van der Waals surface area contributed by atoms with Crippen molar-refractivity contribution in [1.29, 1.82) is 0 Å². The van der Waals surface area contributed by atoms with Gasteiger partial charge in [-0.2, -0.15) is 0 Å². The van der Waals surface area contributed by atoms with E-state index in [0.29, 0.717) is 40.8 Å². The molecule has 0 saturated heterocycles. The minimum absolute atomic E-state index is 0.0608. The zero-order chi connectivity index (χ0) is 18.4. The normalized spacial score (nSPS) is 17.3. The third-order valence-corrected chi connectivity index (χ3v) is 6.30. The molecule has 140 valence electrons. The van der Waals surface area contributed by atoms with E-state index in [1.54, 1.807) is 18.2 Å². The molecule has 1 aromatic carbocycles. The number of aryl methyl sites for hydroxylation is 1. The molecule has 2 amide bonds. The Labute approximate surface area is 160 Å². The average molecular weight is 384 g/mol. The summed E-state index contributed by atoms with van der Waals surface area (Å²) < 4.78 is 11.1. The van der Waals surface area contributed by atoms with Crippen LogP contribution in [0.1, 0.15) is 50.4 Å². The summed E-state index contributed by atoms with van der Waals surface area (Å²) >= 11 is 1.53. The van der Waals surface area contributed by atoms with Crippen LogP contribution in [0.5, 0.6) is 11.5 Å². The Morgan fingerprint density at radius 3 is 2.67 bits per heavy atom. The summed E-state index contributed by atoms with van der Waals surface area (Å²) in [5, 5.41) is 6.67. The lowest BCUT2D eigenvalue weighted by Gasteiger charge is -2.18. The maximum atomic E-state index is 12.8. The van der Waals surface area contributed by atoms with Crippen LogP contribution in [-0.4, -0.2) is 31.1 Å². The van der Waals surface area contributed by atoms with Gasteiger partial charge in [0, 0.05) is 16.5 Å². The van der Waals surface area contributed by atoms with Crippen LogP contribution in [-0.2, 0) is 12.8 Å². The number of benzene rings is 1. The van der Waals surface area contributed by atoms with E-state index in [2.05, 4.69) is 10.6 Å². The van der Waals surface area contributed by atoms with Crippen LogP contribution < -0.4 is 20.1 Å². The standard InChI is InChI=1S/C20H20N2O4S/c23-18(11-4-7-14-15(10-11)26-9-8-25-14)22-20-17(19(24)21-12-5-6-12)13-2-1-3-16(13)27-20/h4,7,10,12H,1-3,5-6,8-9H2,(H,21,24)(H,22,23). The first kappa shape index (κ1) is 16.6. The second-order valence-electron chi connectivity index (χ2n) is 7.12. The van der Waals surface area contributed by atoms with Crippen molar-refractivity contribution in [3.63, 3.8) is 0 Å². The molecule has 2 aliphatic carbocycles. The minimum Gasteiger partial charge on any atom is -0.486 e. The molecule has 6 nitrogen and oxygen atoms in total. The van der Waals surface area contributed by atoms with E-state index in [0.717, 1.165) is 37.7 Å². The maximum Gasteiger partial charge on any atom is 0.256 e. The Bertz CT molecular complexity index is 932. The first-order chi connectivity index (χ1) is 13.2. The summed E-state index contributed by atoms with van der Waals surface area (Å²) in [4.78, 5) is 26.8. The van der Waals surface area contributed by atoms with E-state index >= 15 is 0 Å². The number of hydrogen-bond donors (Lipinski definition) is 2. The number of carbonyl (C=O) groups excluding carboxylic acids is 2. The van der Waals surface area contributed by atoms with Gasteiger partial charge in [0.1, 0.15) is 18.2 Å². The second kappa shape index (κ2) is 6.56. The largest absolute Gasteiger partial charge is 0.486 e. The fourth-order valence-corrected chi connectivity index (χ4v) is 4.86. The monoisotopic (exact) mass is 384 g/mol. The van der Waals surface area contributed by atoms with Gasteiger partial charge in [0.05, 0.1) is 5.56 Å². The topological polar surface area (TPSA) is 76.7 Å². The maximum absolute atomic E-state index is 12.8. The van der Waals surface area contributed by atoms with E-state index in [9.17, 15) is 9.59 Å². The SMILES string of the molecule is O=C(Nc1sc2c(c1C(=O)NC1CC1)CCC2)c1ccc2c(c1)OCCO2. The summed E-state index contributed by atoms with van der Waals surface area (Å²) in [6, 6.07) is 5.44. The summed E-state index contributed by atoms with van der Waals surface area (Å²) in [7, 11) is 0. The molecule has 5 rings (SSSR count). The van der Waals surface area contributed by atoms with Crippen LogP contribution in [0.15, 0.2) is 18.2 Å². The van der Waals surface area contributed by atoms with E-state index in [1.807, 2.05) is 0 Å². The van der Waals surface area contributed by atoms with Gasteiger partial charge >= 0.3 is 0 Å². The lowest BCUT2D eigenvalue weighted by Crippen LogP contribution is -2.27. The zero-order valence-corrected chi connectivity index (χ0v) is 15.6. The fourth-order valence-electron chi connectivity index (χ4n) is 3.58. The van der Waals surface area contributed by atoms with Gasteiger partial charge in [-0.05, 0) is 55.9 Å². The number of carbonyl (C=O) groups is 2. The second-order valence-corrected chi connectivity index (χ2v) is 8.23. The van der Waals surface area contributed by atoms with E-state index in [-0.39, 0.29) is 17.9 Å².